The Kier molecular flexibility index (Phi) is 7.57. The van der Waals surface area contributed by atoms with E-state index in [1.807, 2.05) is 0 Å². The van der Waals surface area contributed by atoms with Gasteiger partial charge < -0.3 is 26.2 Å². The van der Waals surface area contributed by atoms with Crippen molar-refractivity contribution in [3.8, 4) is 0 Å². The third-order valence-electron chi connectivity index (χ3n) is 6.88. The number of halogens is 4. The van der Waals surface area contributed by atoms with Crippen LogP contribution in [0.3, 0.4) is 0 Å². The fourth-order valence-corrected chi connectivity index (χ4v) is 4.80. The first kappa shape index (κ1) is 24.9. The third kappa shape index (κ3) is 6.49. The summed E-state index contributed by atoms with van der Waals surface area (Å²) in [6.45, 7) is 3.17. The van der Waals surface area contributed by atoms with Crippen molar-refractivity contribution in [3.05, 3.63) is 53.8 Å². The fraction of sp³-hybridized carbons (Fsp3) is 0.480. The van der Waals surface area contributed by atoms with Crippen LogP contribution in [0.2, 0.25) is 0 Å². The van der Waals surface area contributed by atoms with E-state index in [-0.39, 0.29) is 23.6 Å². The van der Waals surface area contributed by atoms with Crippen molar-refractivity contribution in [2.45, 2.75) is 37.9 Å². The highest BCUT2D eigenvalue weighted by molar-refractivity contribution is 5.74. The first-order valence-corrected chi connectivity index (χ1v) is 12.0. The van der Waals surface area contributed by atoms with Gasteiger partial charge in [0.15, 0.2) is 0 Å². The molecule has 0 unspecified atom stereocenters. The number of hydrogen-bond acceptors (Lipinski definition) is 4. The number of nitrogen functional groups attached to an aromatic ring is 1. The Morgan fingerprint density at radius 2 is 1.63 bits per heavy atom. The molecule has 0 radical (unpaired) electrons. The van der Waals surface area contributed by atoms with Gasteiger partial charge in [-0.2, -0.15) is 13.2 Å². The molecule has 4 N–H and O–H groups in total. The number of urea groups is 1. The van der Waals surface area contributed by atoms with Crippen LogP contribution >= 0.6 is 0 Å². The van der Waals surface area contributed by atoms with E-state index in [0.29, 0.717) is 44.3 Å². The van der Waals surface area contributed by atoms with Gasteiger partial charge in [-0.3, -0.25) is 0 Å². The van der Waals surface area contributed by atoms with Crippen molar-refractivity contribution in [2.24, 2.45) is 5.92 Å². The third-order valence-corrected chi connectivity index (χ3v) is 6.88. The number of carbonyl (C=O) groups excluding carboxylic acids is 1. The molecule has 2 aromatic carbocycles. The average Bonchev–Trinajstić information content (AvgIpc) is 2.84. The molecule has 6 nitrogen and oxygen atoms in total. The molecule has 1 aliphatic carbocycles. The zero-order valence-corrected chi connectivity index (χ0v) is 19.5. The standard InChI is InChI=1S/C25H31F4N5O/c26-18-3-8-21(9-4-18)33-11-13-34(14-12-33)24(35)31-16-17-1-5-19(6-2-17)32-20-7-10-23(30)22(15-20)25(27,28)29/h3-4,7-10,15,17,19,32H,1-2,5-6,11-14,16,30H2,(H,31,35). The van der Waals surface area contributed by atoms with Gasteiger partial charge in [-0.1, -0.05) is 0 Å². The molecule has 10 heteroatoms. The summed E-state index contributed by atoms with van der Waals surface area (Å²) in [5.41, 5.74) is 5.75. The lowest BCUT2D eigenvalue weighted by Crippen LogP contribution is -2.52. The number of carbonyl (C=O) groups is 1. The Labute approximate surface area is 202 Å². The number of anilines is 3. The molecule has 0 spiro atoms. The van der Waals surface area contributed by atoms with E-state index >= 15 is 0 Å². The van der Waals surface area contributed by atoms with Crippen molar-refractivity contribution in [1.82, 2.24) is 10.2 Å². The number of nitrogens with zero attached hydrogens (tertiary/aromatic N) is 2. The molecule has 1 saturated heterocycles. The highest BCUT2D eigenvalue weighted by Gasteiger charge is 2.33. The van der Waals surface area contributed by atoms with Crippen LogP contribution in [0.5, 0.6) is 0 Å². The second-order valence-electron chi connectivity index (χ2n) is 9.30. The molecule has 1 heterocycles. The maximum Gasteiger partial charge on any atom is 0.418 e. The summed E-state index contributed by atoms with van der Waals surface area (Å²) in [6.07, 6.45) is -1.06. The smallest absolute Gasteiger partial charge is 0.398 e. The highest BCUT2D eigenvalue weighted by Crippen LogP contribution is 2.36. The molecule has 2 aliphatic rings. The van der Waals surface area contributed by atoms with Crippen LogP contribution in [-0.2, 0) is 6.18 Å². The summed E-state index contributed by atoms with van der Waals surface area (Å²) in [5.74, 6) is 0.0760. The van der Waals surface area contributed by atoms with E-state index in [4.69, 9.17) is 5.73 Å². The maximum atomic E-state index is 13.1. The van der Waals surface area contributed by atoms with Crippen molar-refractivity contribution in [2.75, 3.05) is 48.7 Å². The molecular formula is C25H31F4N5O. The van der Waals surface area contributed by atoms with Gasteiger partial charge >= 0.3 is 12.2 Å². The van der Waals surface area contributed by atoms with Gasteiger partial charge in [-0.05, 0) is 74.1 Å². The van der Waals surface area contributed by atoms with Gasteiger partial charge in [0.2, 0.25) is 0 Å². The van der Waals surface area contributed by atoms with Crippen LogP contribution < -0.4 is 21.3 Å². The largest absolute Gasteiger partial charge is 0.418 e. The van der Waals surface area contributed by atoms with Crippen LogP contribution in [0.25, 0.3) is 0 Å². The number of piperazine rings is 1. The molecule has 2 amide bonds. The van der Waals surface area contributed by atoms with E-state index in [1.54, 1.807) is 23.1 Å². The monoisotopic (exact) mass is 493 g/mol. The Hall–Kier alpha value is -3.17. The molecule has 1 aliphatic heterocycles. The Bertz CT molecular complexity index is 998. The molecule has 2 aromatic rings. The maximum absolute atomic E-state index is 13.1. The summed E-state index contributed by atoms with van der Waals surface area (Å²) in [4.78, 5) is 16.5. The summed E-state index contributed by atoms with van der Waals surface area (Å²) in [7, 11) is 0. The van der Waals surface area contributed by atoms with E-state index in [2.05, 4.69) is 15.5 Å². The minimum absolute atomic E-state index is 0.0782. The van der Waals surface area contributed by atoms with Gasteiger partial charge in [-0.25, -0.2) is 9.18 Å². The van der Waals surface area contributed by atoms with E-state index < -0.39 is 11.7 Å². The van der Waals surface area contributed by atoms with Crippen LogP contribution in [-0.4, -0.2) is 49.7 Å². The summed E-state index contributed by atoms with van der Waals surface area (Å²) in [6, 6.07) is 10.3. The summed E-state index contributed by atoms with van der Waals surface area (Å²) in [5, 5.41) is 6.24. The fourth-order valence-electron chi connectivity index (χ4n) is 4.80. The molecule has 35 heavy (non-hydrogen) atoms. The van der Waals surface area contributed by atoms with Crippen molar-refractivity contribution in [3.63, 3.8) is 0 Å². The molecule has 0 atom stereocenters. The van der Waals surface area contributed by atoms with Crippen LogP contribution in [0, 0.1) is 11.7 Å². The Morgan fingerprint density at radius 1 is 0.971 bits per heavy atom. The number of nitrogens with one attached hydrogen (secondary N) is 2. The van der Waals surface area contributed by atoms with Gasteiger partial charge in [-0.15, -0.1) is 0 Å². The van der Waals surface area contributed by atoms with E-state index in [1.165, 1.54) is 18.2 Å². The lowest BCUT2D eigenvalue weighted by molar-refractivity contribution is -0.136. The number of rotatable bonds is 5. The second kappa shape index (κ2) is 10.6. The van der Waals surface area contributed by atoms with Crippen LogP contribution in [0.1, 0.15) is 31.2 Å². The Balaban J connectivity index is 1.17. The van der Waals surface area contributed by atoms with Crippen molar-refractivity contribution in [1.29, 1.82) is 0 Å². The second-order valence-corrected chi connectivity index (χ2v) is 9.30. The lowest BCUT2D eigenvalue weighted by Gasteiger charge is -2.36. The zero-order valence-electron chi connectivity index (χ0n) is 19.5. The minimum Gasteiger partial charge on any atom is -0.398 e. The van der Waals surface area contributed by atoms with E-state index in [9.17, 15) is 22.4 Å². The number of benzene rings is 2. The lowest BCUT2D eigenvalue weighted by atomic mass is 9.86. The zero-order chi connectivity index (χ0) is 25.0. The summed E-state index contributed by atoms with van der Waals surface area (Å²) < 4.78 is 52.4. The van der Waals surface area contributed by atoms with Gasteiger partial charge in [0.25, 0.3) is 0 Å². The normalized spacial score (nSPS) is 21.0. The SMILES string of the molecule is Nc1ccc(NC2CCC(CNC(=O)N3CCN(c4ccc(F)cc4)CC3)CC2)cc1C(F)(F)F. The topological polar surface area (TPSA) is 73.6 Å². The predicted octanol–water partition coefficient (Wildman–Crippen LogP) is 4.93. The minimum atomic E-state index is -4.48. The van der Waals surface area contributed by atoms with Crippen molar-refractivity contribution >= 4 is 23.1 Å². The number of amides is 2. The van der Waals surface area contributed by atoms with Gasteiger partial charge in [0.05, 0.1) is 5.56 Å². The molecule has 0 bridgehead atoms. The molecule has 4 rings (SSSR count). The highest BCUT2D eigenvalue weighted by atomic mass is 19.4. The predicted molar refractivity (Wildman–Crippen MR) is 129 cm³/mol. The molecule has 1 saturated carbocycles. The van der Waals surface area contributed by atoms with Crippen molar-refractivity contribution < 1.29 is 22.4 Å². The van der Waals surface area contributed by atoms with Gasteiger partial charge in [0, 0.05) is 55.8 Å². The average molecular weight is 494 g/mol. The Morgan fingerprint density at radius 3 is 2.26 bits per heavy atom. The summed E-state index contributed by atoms with van der Waals surface area (Å²) >= 11 is 0. The first-order chi connectivity index (χ1) is 16.7. The molecular weight excluding hydrogens is 462 g/mol. The number of hydrogen-bond donors (Lipinski definition) is 3. The van der Waals surface area contributed by atoms with E-state index in [0.717, 1.165) is 37.4 Å². The molecule has 2 fully saturated rings. The van der Waals surface area contributed by atoms with Crippen LogP contribution in [0.4, 0.5) is 39.4 Å². The van der Waals surface area contributed by atoms with Gasteiger partial charge in [0.1, 0.15) is 5.82 Å². The molecule has 0 aromatic heterocycles. The number of alkyl halides is 3. The number of nitrogens with two attached hydrogens (primary N) is 1. The van der Waals surface area contributed by atoms with Crippen LogP contribution in [0.15, 0.2) is 42.5 Å². The first-order valence-electron chi connectivity index (χ1n) is 12.0. The quantitative estimate of drug-likeness (QED) is 0.408. The molecule has 190 valence electrons.